The van der Waals surface area contributed by atoms with E-state index < -0.39 is 0 Å². The third-order valence-electron chi connectivity index (χ3n) is 6.80. The summed E-state index contributed by atoms with van der Waals surface area (Å²) in [4.78, 5) is 20.5. The van der Waals surface area contributed by atoms with Crippen LogP contribution in [-0.2, 0) is 0 Å². The van der Waals surface area contributed by atoms with Crippen LogP contribution in [0.4, 0.5) is 11.5 Å². The van der Waals surface area contributed by atoms with Gasteiger partial charge in [0.15, 0.2) is 5.65 Å². The average molecular weight is 433 g/mol. The van der Waals surface area contributed by atoms with Crippen molar-refractivity contribution in [3.8, 4) is 0 Å². The monoisotopic (exact) mass is 432 g/mol. The number of hydrogen-bond acceptors (Lipinski definition) is 5. The number of carbonyl (C=O) groups excluding carboxylic acids is 1. The molecule has 0 radical (unpaired) electrons. The molecule has 3 heterocycles. The second kappa shape index (κ2) is 8.11. The first kappa shape index (κ1) is 20.8. The van der Waals surface area contributed by atoms with Crippen LogP contribution in [0.5, 0.6) is 0 Å². The van der Waals surface area contributed by atoms with E-state index >= 15 is 0 Å². The van der Waals surface area contributed by atoms with E-state index in [-0.39, 0.29) is 11.9 Å². The van der Waals surface area contributed by atoms with Crippen LogP contribution >= 0.6 is 0 Å². The lowest BCUT2D eigenvalue weighted by Gasteiger charge is -2.35. The van der Waals surface area contributed by atoms with Gasteiger partial charge in [0.05, 0.1) is 17.3 Å². The van der Waals surface area contributed by atoms with Gasteiger partial charge >= 0.3 is 0 Å². The van der Waals surface area contributed by atoms with Crippen LogP contribution in [-0.4, -0.2) is 45.0 Å². The number of aryl methyl sites for hydroxylation is 2. The molecule has 2 fully saturated rings. The van der Waals surface area contributed by atoms with Gasteiger partial charge in [0, 0.05) is 42.6 Å². The van der Waals surface area contributed by atoms with E-state index in [1.165, 1.54) is 12.8 Å². The predicted octanol–water partition coefficient (Wildman–Crippen LogP) is 4.64. The number of anilines is 2. The molecule has 1 saturated carbocycles. The Balaban J connectivity index is 1.54. The van der Waals surface area contributed by atoms with Crippen LogP contribution < -0.4 is 10.6 Å². The Hall–Kier alpha value is -3.09. The number of amides is 1. The van der Waals surface area contributed by atoms with E-state index in [1.54, 1.807) is 0 Å². The fourth-order valence-corrected chi connectivity index (χ4v) is 4.66. The Morgan fingerprint density at radius 3 is 2.66 bits per heavy atom. The fourth-order valence-electron chi connectivity index (χ4n) is 4.66. The number of nitrogens with one attached hydrogen (secondary N) is 2. The SMILES string of the molecule is CNc1ccc(C)cc1C(=O)N1CCCC[C@H]1c1cc2nc(C)c(C)c(NC3CC3)n2n1. The van der Waals surface area contributed by atoms with E-state index in [1.807, 2.05) is 48.5 Å². The van der Waals surface area contributed by atoms with Crippen molar-refractivity contribution in [1.82, 2.24) is 19.5 Å². The second-order valence-electron chi connectivity index (χ2n) is 9.24. The second-order valence-corrected chi connectivity index (χ2v) is 9.24. The molecule has 1 aliphatic heterocycles. The van der Waals surface area contributed by atoms with Gasteiger partial charge in [-0.2, -0.15) is 9.61 Å². The number of benzene rings is 1. The molecule has 5 rings (SSSR count). The third kappa shape index (κ3) is 3.70. The zero-order chi connectivity index (χ0) is 22.4. The number of carbonyl (C=O) groups is 1. The molecule has 2 N–H and O–H groups in total. The van der Waals surface area contributed by atoms with Crippen LogP contribution in [0.15, 0.2) is 24.3 Å². The molecule has 1 aliphatic carbocycles. The lowest BCUT2D eigenvalue weighted by molar-refractivity contribution is 0.0606. The molecule has 2 aromatic heterocycles. The highest BCUT2D eigenvalue weighted by molar-refractivity contribution is 6.00. The van der Waals surface area contributed by atoms with E-state index in [0.717, 1.165) is 71.0 Å². The van der Waals surface area contributed by atoms with Crippen LogP contribution in [0.25, 0.3) is 5.65 Å². The van der Waals surface area contributed by atoms with E-state index in [9.17, 15) is 4.79 Å². The molecule has 0 spiro atoms. The van der Waals surface area contributed by atoms with Crippen molar-refractivity contribution in [2.75, 3.05) is 24.2 Å². The maximum absolute atomic E-state index is 13.7. The molecular weight excluding hydrogens is 400 g/mol. The van der Waals surface area contributed by atoms with E-state index in [0.29, 0.717) is 6.04 Å². The Bertz CT molecular complexity index is 1180. The van der Waals surface area contributed by atoms with Crippen molar-refractivity contribution in [3.05, 3.63) is 52.3 Å². The molecule has 7 nitrogen and oxygen atoms in total. The molecule has 168 valence electrons. The average Bonchev–Trinajstić information content (AvgIpc) is 3.53. The number of likely N-dealkylation sites (tertiary alicyclic amines) is 1. The summed E-state index contributed by atoms with van der Waals surface area (Å²) in [6.07, 6.45) is 5.42. The molecule has 2 aliphatic rings. The molecule has 0 bridgehead atoms. The minimum absolute atomic E-state index is 0.0439. The van der Waals surface area contributed by atoms with Gasteiger partial charge in [-0.15, -0.1) is 0 Å². The first-order chi connectivity index (χ1) is 15.5. The molecule has 1 atom stereocenters. The summed E-state index contributed by atoms with van der Waals surface area (Å²) in [5.41, 5.74) is 6.59. The summed E-state index contributed by atoms with van der Waals surface area (Å²) >= 11 is 0. The lowest BCUT2D eigenvalue weighted by Crippen LogP contribution is -2.39. The molecule has 32 heavy (non-hydrogen) atoms. The first-order valence-corrected chi connectivity index (χ1v) is 11.7. The van der Waals surface area contributed by atoms with Crippen molar-refractivity contribution < 1.29 is 4.79 Å². The van der Waals surface area contributed by atoms with Gasteiger partial charge < -0.3 is 15.5 Å². The molecule has 7 heteroatoms. The standard InChI is InChI=1S/C25H32N6O/c1-15-8-11-20(26-4)19(13-15)25(32)30-12-6-5-7-22(30)21-14-23-27-17(3)16(2)24(31(23)29-21)28-18-9-10-18/h8,11,13-14,18,22,26,28H,5-7,9-10,12H2,1-4H3/t22-/m0/s1. The van der Waals surface area contributed by atoms with E-state index in [2.05, 4.69) is 23.6 Å². The number of piperidine rings is 1. The van der Waals surface area contributed by atoms with Gasteiger partial charge in [0.2, 0.25) is 0 Å². The summed E-state index contributed by atoms with van der Waals surface area (Å²) in [7, 11) is 1.86. The van der Waals surface area contributed by atoms with Gasteiger partial charge in [-0.3, -0.25) is 4.79 Å². The van der Waals surface area contributed by atoms with Crippen LogP contribution in [0.3, 0.4) is 0 Å². The fraction of sp³-hybridized carbons (Fsp3) is 0.480. The molecule has 1 aromatic carbocycles. The van der Waals surface area contributed by atoms with E-state index in [4.69, 9.17) is 10.1 Å². The Morgan fingerprint density at radius 1 is 1.09 bits per heavy atom. The highest BCUT2D eigenvalue weighted by Gasteiger charge is 2.32. The summed E-state index contributed by atoms with van der Waals surface area (Å²) in [5, 5.41) is 11.8. The van der Waals surface area contributed by atoms with Crippen LogP contribution in [0.1, 0.15) is 71.0 Å². The number of rotatable bonds is 5. The van der Waals surface area contributed by atoms with Gasteiger partial charge in [0.1, 0.15) is 5.82 Å². The zero-order valence-electron chi connectivity index (χ0n) is 19.4. The molecular formula is C25H32N6O. The van der Waals surface area contributed by atoms with Crippen molar-refractivity contribution in [3.63, 3.8) is 0 Å². The van der Waals surface area contributed by atoms with Crippen molar-refractivity contribution in [2.45, 2.75) is 65.0 Å². The summed E-state index contributed by atoms with van der Waals surface area (Å²) < 4.78 is 1.94. The summed E-state index contributed by atoms with van der Waals surface area (Å²) in [5.74, 6) is 1.10. The topological polar surface area (TPSA) is 74.6 Å². The first-order valence-electron chi connectivity index (χ1n) is 11.7. The summed E-state index contributed by atoms with van der Waals surface area (Å²) in [6, 6.07) is 8.55. The van der Waals surface area contributed by atoms with Gasteiger partial charge in [-0.1, -0.05) is 11.6 Å². The van der Waals surface area contributed by atoms with Crippen molar-refractivity contribution >= 4 is 23.1 Å². The zero-order valence-corrected chi connectivity index (χ0v) is 19.4. The van der Waals surface area contributed by atoms with Crippen LogP contribution in [0, 0.1) is 20.8 Å². The Labute approximate surface area is 189 Å². The highest BCUT2D eigenvalue weighted by atomic mass is 16.2. The van der Waals surface area contributed by atoms with Crippen molar-refractivity contribution in [1.29, 1.82) is 0 Å². The maximum atomic E-state index is 13.7. The highest BCUT2D eigenvalue weighted by Crippen LogP contribution is 2.35. The quantitative estimate of drug-likeness (QED) is 0.614. The molecule has 1 saturated heterocycles. The van der Waals surface area contributed by atoms with Gasteiger partial charge in [-0.05, 0) is 65.0 Å². The number of aromatic nitrogens is 3. The number of hydrogen-bond donors (Lipinski definition) is 2. The smallest absolute Gasteiger partial charge is 0.256 e. The number of fused-ring (bicyclic) bond motifs is 1. The molecule has 0 unspecified atom stereocenters. The third-order valence-corrected chi connectivity index (χ3v) is 6.80. The molecule has 3 aromatic rings. The maximum Gasteiger partial charge on any atom is 0.256 e. The van der Waals surface area contributed by atoms with Gasteiger partial charge in [-0.25, -0.2) is 4.98 Å². The lowest BCUT2D eigenvalue weighted by atomic mass is 9.97. The Morgan fingerprint density at radius 2 is 1.91 bits per heavy atom. The minimum Gasteiger partial charge on any atom is -0.387 e. The predicted molar refractivity (Wildman–Crippen MR) is 127 cm³/mol. The largest absolute Gasteiger partial charge is 0.387 e. The summed E-state index contributed by atoms with van der Waals surface area (Å²) in [6.45, 7) is 6.92. The minimum atomic E-state index is -0.0439. The molecule has 1 amide bonds. The van der Waals surface area contributed by atoms with Crippen molar-refractivity contribution in [2.24, 2.45) is 0 Å². The number of nitrogens with zero attached hydrogens (tertiary/aromatic N) is 4. The van der Waals surface area contributed by atoms with Crippen LogP contribution in [0.2, 0.25) is 0 Å². The normalized spacial score (nSPS) is 18.8. The van der Waals surface area contributed by atoms with Gasteiger partial charge in [0.25, 0.3) is 5.91 Å². The Kier molecular flexibility index (Phi) is 5.27.